The number of carbonyl (C=O) groups excluding carboxylic acids is 1. The maximum atomic E-state index is 13.2. The fourth-order valence-corrected chi connectivity index (χ4v) is 5.52. The highest BCUT2D eigenvalue weighted by molar-refractivity contribution is 7.89. The predicted octanol–water partition coefficient (Wildman–Crippen LogP) is 3.74. The summed E-state index contributed by atoms with van der Waals surface area (Å²) >= 11 is 0. The normalized spacial score (nSPS) is 20.4. The number of aryl methyl sites for hydroxylation is 2. The van der Waals surface area contributed by atoms with Crippen molar-refractivity contribution >= 4 is 15.9 Å². The Morgan fingerprint density at radius 2 is 1.64 bits per heavy atom. The van der Waals surface area contributed by atoms with Crippen molar-refractivity contribution in [3.63, 3.8) is 0 Å². The van der Waals surface area contributed by atoms with E-state index in [4.69, 9.17) is 0 Å². The van der Waals surface area contributed by atoms with Gasteiger partial charge in [0.2, 0.25) is 15.9 Å². The zero-order valence-corrected chi connectivity index (χ0v) is 18.6. The molecule has 6 heteroatoms. The maximum Gasteiger partial charge on any atom is 0.243 e. The largest absolute Gasteiger partial charge is 0.337 e. The lowest BCUT2D eigenvalue weighted by molar-refractivity contribution is -0.140. The average molecular weight is 407 g/mol. The quantitative estimate of drug-likeness (QED) is 0.723. The van der Waals surface area contributed by atoms with Crippen molar-refractivity contribution in [3.8, 4) is 0 Å². The Morgan fingerprint density at radius 1 is 1.04 bits per heavy atom. The molecule has 1 amide bonds. The third kappa shape index (κ3) is 4.28. The van der Waals surface area contributed by atoms with Gasteiger partial charge in [-0.05, 0) is 75.6 Å². The van der Waals surface area contributed by atoms with Crippen molar-refractivity contribution < 1.29 is 13.2 Å². The first-order valence-electron chi connectivity index (χ1n) is 10.5. The Bertz CT molecular complexity index is 822. The van der Waals surface area contributed by atoms with E-state index in [1.54, 1.807) is 16.4 Å². The van der Waals surface area contributed by atoms with E-state index in [9.17, 15) is 13.2 Å². The van der Waals surface area contributed by atoms with Crippen LogP contribution in [0.4, 0.5) is 0 Å². The molecular formula is C22H34N2O3S. The van der Waals surface area contributed by atoms with Crippen LogP contribution in [-0.4, -0.2) is 48.7 Å². The molecule has 1 saturated heterocycles. The minimum atomic E-state index is -3.50. The molecule has 1 aliphatic heterocycles. The molecule has 3 rings (SSSR count). The zero-order chi connectivity index (χ0) is 20.6. The molecule has 1 saturated carbocycles. The van der Waals surface area contributed by atoms with E-state index in [0.717, 1.165) is 24.0 Å². The Balaban J connectivity index is 1.68. The van der Waals surface area contributed by atoms with Gasteiger partial charge in [-0.1, -0.05) is 19.9 Å². The molecule has 2 aliphatic rings. The summed E-state index contributed by atoms with van der Waals surface area (Å²) in [5, 5.41) is 0. The molecule has 2 fully saturated rings. The fourth-order valence-electron chi connectivity index (χ4n) is 3.96. The zero-order valence-electron chi connectivity index (χ0n) is 17.8. The number of rotatable bonds is 6. The summed E-state index contributed by atoms with van der Waals surface area (Å²) in [6, 6.07) is 5.92. The number of piperidine rings is 1. The second-order valence-corrected chi connectivity index (χ2v) is 10.8. The lowest BCUT2D eigenvalue weighted by Gasteiger charge is -2.37. The van der Waals surface area contributed by atoms with Crippen LogP contribution < -0.4 is 0 Å². The molecule has 1 heterocycles. The molecule has 1 aromatic rings. The molecule has 0 radical (unpaired) electrons. The topological polar surface area (TPSA) is 57.7 Å². The van der Waals surface area contributed by atoms with Gasteiger partial charge in [0.05, 0.1) is 4.90 Å². The Morgan fingerprint density at radius 3 is 2.14 bits per heavy atom. The molecule has 0 bridgehead atoms. The molecule has 0 N–H and O–H groups in total. The first kappa shape index (κ1) is 21.3. The molecule has 0 spiro atoms. The molecular weight excluding hydrogens is 372 g/mol. The smallest absolute Gasteiger partial charge is 0.243 e. The molecule has 0 aromatic heterocycles. The molecule has 1 aliphatic carbocycles. The van der Waals surface area contributed by atoms with E-state index in [1.807, 2.05) is 19.9 Å². The Hall–Kier alpha value is -1.40. The summed E-state index contributed by atoms with van der Waals surface area (Å²) in [5.74, 6) is 0.592. The summed E-state index contributed by atoms with van der Waals surface area (Å²) in [4.78, 5) is 15.6. The standard InChI is InChI=1S/C22H34N2O3S/c1-15(2)18(5)24(20-7-8-20)22(25)19-10-12-23(13-11-19)28(26,27)21-9-6-16(3)17(4)14-21/h6,9,14-15,18-20H,7-8,10-13H2,1-5H3/t18-/m0/s1. The van der Waals surface area contributed by atoms with Crippen molar-refractivity contribution in [2.45, 2.75) is 77.3 Å². The third-order valence-corrected chi connectivity index (χ3v) is 8.41. The summed E-state index contributed by atoms with van der Waals surface area (Å²) in [6.07, 6.45) is 3.42. The summed E-state index contributed by atoms with van der Waals surface area (Å²) < 4.78 is 27.6. The fraction of sp³-hybridized carbons (Fsp3) is 0.682. The monoisotopic (exact) mass is 406 g/mol. The maximum absolute atomic E-state index is 13.2. The van der Waals surface area contributed by atoms with E-state index < -0.39 is 10.0 Å². The van der Waals surface area contributed by atoms with Crippen LogP contribution >= 0.6 is 0 Å². The number of hydrogen-bond acceptors (Lipinski definition) is 3. The van der Waals surface area contributed by atoms with Crippen molar-refractivity contribution in [3.05, 3.63) is 29.3 Å². The highest BCUT2D eigenvalue weighted by Crippen LogP contribution is 2.34. The van der Waals surface area contributed by atoms with E-state index in [1.165, 1.54) is 0 Å². The van der Waals surface area contributed by atoms with Gasteiger partial charge < -0.3 is 4.90 Å². The molecule has 5 nitrogen and oxygen atoms in total. The van der Waals surface area contributed by atoms with E-state index in [2.05, 4.69) is 25.7 Å². The average Bonchev–Trinajstić information content (AvgIpc) is 3.48. The van der Waals surface area contributed by atoms with Gasteiger partial charge in [0, 0.05) is 31.1 Å². The SMILES string of the molecule is Cc1ccc(S(=O)(=O)N2CCC(C(=O)N(C3CC3)[C@@H](C)C(C)C)CC2)cc1C. The highest BCUT2D eigenvalue weighted by atomic mass is 32.2. The van der Waals surface area contributed by atoms with Crippen LogP contribution in [0.15, 0.2) is 23.1 Å². The molecule has 28 heavy (non-hydrogen) atoms. The van der Waals surface area contributed by atoms with Gasteiger partial charge >= 0.3 is 0 Å². The molecule has 1 atom stereocenters. The van der Waals surface area contributed by atoms with Gasteiger partial charge in [-0.2, -0.15) is 4.31 Å². The van der Waals surface area contributed by atoms with Crippen LogP contribution in [-0.2, 0) is 14.8 Å². The van der Waals surface area contributed by atoms with Crippen LogP contribution in [0.5, 0.6) is 0 Å². The first-order chi connectivity index (χ1) is 13.1. The van der Waals surface area contributed by atoms with Gasteiger partial charge in [0.25, 0.3) is 0 Å². The Labute approximate surface area is 170 Å². The van der Waals surface area contributed by atoms with E-state index in [0.29, 0.717) is 42.8 Å². The molecule has 0 unspecified atom stereocenters. The lowest BCUT2D eigenvalue weighted by Crippen LogP contribution is -2.49. The van der Waals surface area contributed by atoms with Crippen LogP contribution in [0, 0.1) is 25.7 Å². The van der Waals surface area contributed by atoms with Gasteiger partial charge in [-0.15, -0.1) is 0 Å². The summed E-state index contributed by atoms with van der Waals surface area (Å²) in [7, 11) is -3.50. The van der Waals surface area contributed by atoms with Crippen molar-refractivity contribution in [2.75, 3.05) is 13.1 Å². The second kappa shape index (κ2) is 8.15. The van der Waals surface area contributed by atoms with Gasteiger partial charge in [-0.25, -0.2) is 8.42 Å². The highest BCUT2D eigenvalue weighted by Gasteiger charge is 2.41. The minimum absolute atomic E-state index is 0.0620. The number of benzene rings is 1. The van der Waals surface area contributed by atoms with Crippen molar-refractivity contribution in [2.24, 2.45) is 11.8 Å². The number of amides is 1. The minimum Gasteiger partial charge on any atom is -0.337 e. The first-order valence-corrected chi connectivity index (χ1v) is 12.0. The van der Waals surface area contributed by atoms with Crippen molar-refractivity contribution in [1.82, 2.24) is 9.21 Å². The van der Waals surface area contributed by atoms with E-state index >= 15 is 0 Å². The number of carbonyl (C=O) groups is 1. The van der Waals surface area contributed by atoms with Crippen LogP contribution in [0.2, 0.25) is 0 Å². The second-order valence-electron chi connectivity index (χ2n) is 8.89. The van der Waals surface area contributed by atoms with Crippen LogP contribution in [0.3, 0.4) is 0 Å². The van der Waals surface area contributed by atoms with Crippen LogP contribution in [0.25, 0.3) is 0 Å². The summed E-state index contributed by atoms with van der Waals surface area (Å²) in [5.41, 5.74) is 2.07. The lowest BCUT2D eigenvalue weighted by atomic mass is 9.94. The van der Waals surface area contributed by atoms with E-state index in [-0.39, 0.29) is 17.9 Å². The van der Waals surface area contributed by atoms with Gasteiger partial charge in [0.15, 0.2) is 0 Å². The molecule has 156 valence electrons. The number of hydrogen-bond donors (Lipinski definition) is 0. The van der Waals surface area contributed by atoms with Crippen LogP contribution in [0.1, 0.15) is 57.6 Å². The predicted molar refractivity (Wildman–Crippen MR) is 112 cm³/mol. The van der Waals surface area contributed by atoms with Gasteiger partial charge in [-0.3, -0.25) is 4.79 Å². The number of sulfonamides is 1. The Kier molecular flexibility index (Phi) is 6.20. The van der Waals surface area contributed by atoms with Crippen molar-refractivity contribution in [1.29, 1.82) is 0 Å². The third-order valence-electron chi connectivity index (χ3n) is 6.52. The molecule has 1 aromatic carbocycles. The summed E-state index contributed by atoms with van der Waals surface area (Å²) in [6.45, 7) is 11.2. The van der Waals surface area contributed by atoms with Gasteiger partial charge in [0.1, 0.15) is 0 Å². The number of nitrogens with zero attached hydrogens (tertiary/aromatic N) is 2.